The van der Waals surface area contributed by atoms with Gasteiger partial charge in [0.1, 0.15) is 0 Å². The predicted octanol–water partition coefficient (Wildman–Crippen LogP) is 2.04. The van der Waals surface area contributed by atoms with Crippen molar-refractivity contribution in [3.63, 3.8) is 0 Å². The molecule has 0 N–H and O–H groups in total. The molecule has 0 spiro atoms. The summed E-state index contributed by atoms with van der Waals surface area (Å²) in [5.74, 6) is 1.57. The lowest BCUT2D eigenvalue weighted by atomic mass is 9.97. The molecule has 2 aromatic heterocycles. The summed E-state index contributed by atoms with van der Waals surface area (Å²) in [5.41, 5.74) is 0.452. The summed E-state index contributed by atoms with van der Waals surface area (Å²) in [5, 5.41) is 20.2. The second kappa shape index (κ2) is 6.80. The molecule has 3 rings (SSSR count). The van der Waals surface area contributed by atoms with Crippen LogP contribution in [-0.4, -0.2) is 45.1 Å². The SMILES string of the molecule is CC(C)(C)c1nnc(SCc2nnnn2-c2ccc(S(C)(=O)=O)cc2)o1. The molecule has 0 bridgehead atoms. The van der Waals surface area contributed by atoms with Crippen LogP contribution in [0.25, 0.3) is 5.69 Å². The Morgan fingerprint density at radius 1 is 1.12 bits per heavy atom. The first-order chi connectivity index (χ1) is 12.1. The van der Waals surface area contributed by atoms with E-state index in [1.54, 1.807) is 16.8 Å². The maximum atomic E-state index is 11.6. The molecule has 0 unspecified atom stereocenters. The van der Waals surface area contributed by atoms with Crippen molar-refractivity contribution in [3.05, 3.63) is 36.0 Å². The molecule has 0 saturated carbocycles. The number of rotatable bonds is 5. The Balaban J connectivity index is 1.76. The van der Waals surface area contributed by atoms with Gasteiger partial charge in [-0.15, -0.1) is 15.3 Å². The molecule has 11 heteroatoms. The fourth-order valence-electron chi connectivity index (χ4n) is 2.03. The maximum absolute atomic E-state index is 11.6. The molecule has 2 heterocycles. The van der Waals surface area contributed by atoms with Crippen LogP contribution in [0.3, 0.4) is 0 Å². The van der Waals surface area contributed by atoms with Crippen LogP contribution in [0.15, 0.2) is 38.8 Å². The van der Waals surface area contributed by atoms with E-state index >= 15 is 0 Å². The Hall–Kier alpha value is -2.27. The molecule has 0 amide bonds. The van der Waals surface area contributed by atoms with Crippen LogP contribution in [-0.2, 0) is 21.0 Å². The van der Waals surface area contributed by atoms with E-state index in [2.05, 4.69) is 25.7 Å². The smallest absolute Gasteiger partial charge is 0.277 e. The number of sulfone groups is 1. The van der Waals surface area contributed by atoms with Crippen molar-refractivity contribution in [1.29, 1.82) is 0 Å². The Bertz CT molecular complexity index is 1000. The van der Waals surface area contributed by atoms with E-state index < -0.39 is 9.84 Å². The third-order valence-electron chi connectivity index (χ3n) is 3.42. The van der Waals surface area contributed by atoms with Gasteiger partial charge in [0.15, 0.2) is 15.7 Å². The predicted molar refractivity (Wildman–Crippen MR) is 94.8 cm³/mol. The number of hydrogen-bond donors (Lipinski definition) is 0. The standard InChI is InChI=1S/C15H18N6O3S2/c1-15(2,3)13-17-18-14(24-13)25-9-12-16-19-20-21(12)10-5-7-11(8-6-10)26(4,22)23/h5-8H,9H2,1-4H3. The van der Waals surface area contributed by atoms with Gasteiger partial charge in [-0.25, -0.2) is 8.42 Å². The van der Waals surface area contributed by atoms with Crippen LogP contribution in [0.4, 0.5) is 0 Å². The lowest BCUT2D eigenvalue weighted by Gasteiger charge is -2.10. The Labute approximate surface area is 155 Å². The van der Waals surface area contributed by atoms with Gasteiger partial charge in [-0.1, -0.05) is 32.5 Å². The zero-order valence-electron chi connectivity index (χ0n) is 14.7. The van der Waals surface area contributed by atoms with Gasteiger partial charge in [0.05, 0.1) is 16.3 Å². The number of tetrazole rings is 1. The summed E-state index contributed by atoms with van der Waals surface area (Å²) in [6, 6.07) is 6.37. The molecule has 0 aliphatic heterocycles. The van der Waals surface area contributed by atoms with Gasteiger partial charge in [0, 0.05) is 11.7 Å². The highest BCUT2D eigenvalue weighted by molar-refractivity contribution is 7.98. The lowest BCUT2D eigenvalue weighted by Crippen LogP contribution is -2.11. The van der Waals surface area contributed by atoms with Crippen molar-refractivity contribution >= 4 is 21.6 Å². The number of benzene rings is 1. The van der Waals surface area contributed by atoms with Crippen molar-refractivity contribution in [1.82, 2.24) is 30.4 Å². The minimum Gasteiger partial charge on any atom is -0.415 e. The minimum atomic E-state index is -3.25. The summed E-state index contributed by atoms with van der Waals surface area (Å²) in [6.07, 6.45) is 1.16. The summed E-state index contributed by atoms with van der Waals surface area (Å²) in [4.78, 5) is 0.241. The van der Waals surface area contributed by atoms with E-state index in [0.717, 1.165) is 6.26 Å². The second-order valence-electron chi connectivity index (χ2n) is 6.68. The maximum Gasteiger partial charge on any atom is 0.277 e. The Morgan fingerprint density at radius 3 is 2.38 bits per heavy atom. The topological polar surface area (TPSA) is 117 Å². The fourth-order valence-corrected chi connectivity index (χ4v) is 3.33. The highest BCUT2D eigenvalue weighted by Gasteiger charge is 2.22. The summed E-state index contributed by atoms with van der Waals surface area (Å²) in [7, 11) is -3.25. The van der Waals surface area contributed by atoms with Crippen LogP contribution in [0.2, 0.25) is 0 Å². The summed E-state index contributed by atoms with van der Waals surface area (Å²) in [6.45, 7) is 5.99. The molecular formula is C15H18N6O3S2. The Morgan fingerprint density at radius 2 is 1.81 bits per heavy atom. The zero-order chi connectivity index (χ0) is 18.9. The van der Waals surface area contributed by atoms with Crippen LogP contribution in [0, 0.1) is 0 Å². The molecule has 0 atom stereocenters. The van der Waals surface area contributed by atoms with Gasteiger partial charge < -0.3 is 4.42 Å². The highest BCUT2D eigenvalue weighted by Crippen LogP contribution is 2.26. The first kappa shape index (κ1) is 18.5. The highest BCUT2D eigenvalue weighted by atomic mass is 32.2. The van der Waals surface area contributed by atoms with E-state index in [0.29, 0.717) is 28.4 Å². The zero-order valence-corrected chi connectivity index (χ0v) is 16.4. The average molecular weight is 394 g/mol. The van der Waals surface area contributed by atoms with E-state index in [1.807, 2.05) is 20.8 Å². The third-order valence-corrected chi connectivity index (χ3v) is 5.36. The molecule has 0 radical (unpaired) electrons. The third kappa shape index (κ3) is 4.10. The summed E-state index contributed by atoms with van der Waals surface area (Å²) < 4.78 is 30.3. The molecule has 0 aliphatic rings. The molecule has 0 saturated heterocycles. The van der Waals surface area contributed by atoms with Crippen LogP contribution in [0.5, 0.6) is 0 Å². The van der Waals surface area contributed by atoms with Gasteiger partial charge in [-0.3, -0.25) is 0 Å². The van der Waals surface area contributed by atoms with Gasteiger partial charge in [-0.2, -0.15) is 4.68 Å². The van der Waals surface area contributed by atoms with E-state index in [4.69, 9.17) is 4.42 Å². The molecule has 0 aliphatic carbocycles. The van der Waals surface area contributed by atoms with Crippen molar-refractivity contribution in [2.24, 2.45) is 0 Å². The fraction of sp³-hybridized carbons (Fsp3) is 0.400. The number of hydrogen-bond acceptors (Lipinski definition) is 9. The molecule has 26 heavy (non-hydrogen) atoms. The largest absolute Gasteiger partial charge is 0.415 e. The second-order valence-corrected chi connectivity index (χ2v) is 9.63. The first-order valence-corrected chi connectivity index (χ1v) is 10.6. The molecular weight excluding hydrogens is 376 g/mol. The molecule has 138 valence electrons. The first-order valence-electron chi connectivity index (χ1n) is 7.69. The van der Waals surface area contributed by atoms with Crippen LogP contribution in [0.1, 0.15) is 32.5 Å². The molecule has 9 nitrogen and oxygen atoms in total. The van der Waals surface area contributed by atoms with E-state index in [9.17, 15) is 8.42 Å². The van der Waals surface area contributed by atoms with Crippen molar-refractivity contribution in [3.8, 4) is 5.69 Å². The number of aromatic nitrogens is 6. The van der Waals surface area contributed by atoms with Gasteiger partial charge in [0.2, 0.25) is 5.89 Å². The van der Waals surface area contributed by atoms with Crippen molar-refractivity contribution in [2.45, 2.75) is 42.1 Å². The quantitative estimate of drug-likeness (QED) is 0.599. The van der Waals surface area contributed by atoms with Crippen LogP contribution < -0.4 is 0 Å². The minimum absolute atomic E-state index is 0.214. The monoisotopic (exact) mass is 394 g/mol. The van der Waals surface area contributed by atoms with E-state index in [-0.39, 0.29) is 10.3 Å². The molecule has 3 aromatic rings. The van der Waals surface area contributed by atoms with Gasteiger partial charge in [-0.05, 0) is 34.7 Å². The van der Waals surface area contributed by atoms with Crippen molar-refractivity contribution < 1.29 is 12.8 Å². The normalized spacial score (nSPS) is 12.5. The Kier molecular flexibility index (Phi) is 4.84. The lowest BCUT2D eigenvalue weighted by molar-refractivity contribution is 0.347. The number of nitrogens with zero attached hydrogens (tertiary/aromatic N) is 6. The van der Waals surface area contributed by atoms with Gasteiger partial charge in [0.25, 0.3) is 5.22 Å². The summed E-state index contributed by atoms with van der Waals surface area (Å²) >= 11 is 1.33. The van der Waals surface area contributed by atoms with Crippen LogP contribution >= 0.6 is 11.8 Å². The number of thioether (sulfide) groups is 1. The molecule has 1 aromatic carbocycles. The average Bonchev–Trinajstić information content (AvgIpc) is 3.21. The van der Waals surface area contributed by atoms with Crippen molar-refractivity contribution in [2.75, 3.05) is 6.26 Å². The molecule has 0 fully saturated rings. The van der Waals surface area contributed by atoms with Gasteiger partial charge >= 0.3 is 0 Å². The van der Waals surface area contributed by atoms with E-state index in [1.165, 1.54) is 23.9 Å².